The van der Waals surface area contributed by atoms with Crippen LogP contribution in [0.4, 0.5) is 4.39 Å². The zero-order chi connectivity index (χ0) is 4.28. The lowest BCUT2D eigenvalue weighted by Gasteiger charge is -1.81. The van der Waals surface area contributed by atoms with Crippen LogP contribution < -0.4 is 0 Å². The molecule has 1 atom stereocenters. The SMILES string of the molecule is FC(I)CCl. The molecule has 0 aliphatic rings. The fourth-order valence-corrected chi connectivity index (χ4v) is 0. The molecule has 0 aromatic heterocycles. The Morgan fingerprint density at radius 1 is 2.00 bits per heavy atom. The Kier molecular flexibility index (Phi) is 3.75. The summed E-state index contributed by atoms with van der Waals surface area (Å²) in [6, 6.07) is 0. The first-order valence-electron chi connectivity index (χ1n) is 1.11. The normalized spacial score (nSPS) is 15.0. The van der Waals surface area contributed by atoms with Crippen molar-refractivity contribution in [1.82, 2.24) is 0 Å². The van der Waals surface area contributed by atoms with Crippen molar-refractivity contribution < 1.29 is 4.39 Å². The Morgan fingerprint density at radius 2 is 2.20 bits per heavy atom. The molecule has 0 aromatic carbocycles. The van der Waals surface area contributed by atoms with Gasteiger partial charge in [0.05, 0.1) is 5.88 Å². The number of halogens is 3. The van der Waals surface area contributed by atoms with Gasteiger partial charge in [-0.1, -0.05) is 0 Å². The lowest BCUT2D eigenvalue weighted by molar-refractivity contribution is 0.508. The van der Waals surface area contributed by atoms with Crippen molar-refractivity contribution in [2.45, 2.75) is 4.18 Å². The van der Waals surface area contributed by atoms with Gasteiger partial charge in [0.2, 0.25) is 0 Å². The molecule has 1 unspecified atom stereocenters. The van der Waals surface area contributed by atoms with Crippen molar-refractivity contribution in [2.24, 2.45) is 0 Å². The minimum atomic E-state index is -0.880. The Hall–Kier alpha value is 0.950. The van der Waals surface area contributed by atoms with Crippen molar-refractivity contribution >= 4 is 34.2 Å². The van der Waals surface area contributed by atoms with E-state index in [1.165, 1.54) is 0 Å². The van der Waals surface area contributed by atoms with E-state index in [0.29, 0.717) is 0 Å². The number of alkyl halides is 3. The molecule has 0 aromatic rings. The molecule has 5 heavy (non-hydrogen) atoms. The van der Waals surface area contributed by atoms with Gasteiger partial charge in [0.15, 0.2) is 4.18 Å². The quantitative estimate of drug-likeness (QED) is 0.456. The molecule has 0 fully saturated rings. The van der Waals surface area contributed by atoms with Gasteiger partial charge >= 0.3 is 0 Å². The maximum absolute atomic E-state index is 11.3. The van der Waals surface area contributed by atoms with E-state index >= 15 is 0 Å². The van der Waals surface area contributed by atoms with Gasteiger partial charge in [0.25, 0.3) is 0 Å². The molecule has 0 radical (unpaired) electrons. The summed E-state index contributed by atoms with van der Waals surface area (Å²) in [5.74, 6) is 0.0978. The van der Waals surface area contributed by atoms with Crippen LogP contribution in [0.15, 0.2) is 0 Å². The highest BCUT2D eigenvalue weighted by Crippen LogP contribution is 2.01. The van der Waals surface area contributed by atoms with E-state index in [0.717, 1.165) is 0 Å². The third-order valence-corrected chi connectivity index (χ3v) is 1.35. The lowest BCUT2D eigenvalue weighted by Crippen LogP contribution is -1.83. The molecule has 0 saturated heterocycles. The number of hydrogen-bond donors (Lipinski definition) is 0. The molecule has 0 aliphatic heterocycles. The zero-order valence-corrected chi connectivity index (χ0v) is 5.33. The van der Waals surface area contributed by atoms with Crippen LogP contribution in [-0.4, -0.2) is 10.1 Å². The number of rotatable bonds is 1. The summed E-state index contributed by atoms with van der Waals surface area (Å²) in [6.07, 6.45) is 0. The van der Waals surface area contributed by atoms with E-state index in [9.17, 15) is 4.39 Å². The third-order valence-electron chi connectivity index (χ3n) is 0.117. The average Bonchev–Trinajstić information content (AvgIpc) is 1.38. The van der Waals surface area contributed by atoms with Crippen molar-refractivity contribution in [1.29, 1.82) is 0 Å². The highest BCUT2D eigenvalue weighted by Gasteiger charge is 1.90. The minimum absolute atomic E-state index is 0.0978. The van der Waals surface area contributed by atoms with Crippen LogP contribution in [-0.2, 0) is 0 Å². The first-order chi connectivity index (χ1) is 2.27. The Bertz CT molecular complexity index is 23.6. The van der Waals surface area contributed by atoms with Crippen LogP contribution in [0.1, 0.15) is 0 Å². The fourth-order valence-electron chi connectivity index (χ4n) is 0. The highest BCUT2D eigenvalue weighted by molar-refractivity contribution is 14.1. The standard InChI is InChI=1S/C2H3ClFI/c3-1-2(4)5/h2H,1H2. The summed E-state index contributed by atoms with van der Waals surface area (Å²) >= 11 is 6.56. The topological polar surface area (TPSA) is 0 Å². The summed E-state index contributed by atoms with van der Waals surface area (Å²) in [6.45, 7) is 0. The maximum Gasteiger partial charge on any atom is 0.164 e. The van der Waals surface area contributed by atoms with Crippen LogP contribution in [0.3, 0.4) is 0 Å². The van der Waals surface area contributed by atoms with Gasteiger partial charge in [-0.2, -0.15) is 0 Å². The van der Waals surface area contributed by atoms with Gasteiger partial charge in [-0.05, 0) is 22.6 Å². The van der Waals surface area contributed by atoms with Crippen molar-refractivity contribution in [3.05, 3.63) is 0 Å². The molecular weight excluding hydrogens is 205 g/mol. The van der Waals surface area contributed by atoms with E-state index in [-0.39, 0.29) is 5.88 Å². The van der Waals surface area contributed by atoms with E-state index in [1.807, 2.05) is 0 Å². The second-order valence-electron chi connectivity index (χ2n) is 0.545. The second-order valence-corrected chi connectivity index (χ2v) is 2.21. The van der Waals surface area contributed by atoms with Crippen LogP contribution >= 0.6 is 34.2 Å². The molecule has 0 aliphatic carbocycles. The fraction of sp³-hybridized carbons (Fsp3) is 1.00. The molecule has 3 heteroatoms. The minimum Gasteiger partial charge on any atom is -0.235 e. The summed E-state index contributed by atoms with van der Waals surface area (Å²) < 4.78 is 10.4. The molecule has 32 valence electrons. The van der Waals surface area contributed by atoms with Gasteiger partial charge in [0.1, 0.15) is 0 Å². The zero-order valence-electron chi connectivity index (χ0n) is 2.42. The molecule has 0 nitrogen and oxygen atoms in total. The number of hydrogen-bond acceptors (Lipinski definition) is 0. The molecular formula is C2H3ClFI. The molecule has 0 heterocycles. The lowest BCUT2D eigenvalue weighted by atomic mass is 10.9. The van der Waals surface area contributed by atoms with Gasteiger partial charge in [-0.3, -0.25) is 0 Å². The van der Waals surface area contributed by atoms with E-state index in [1.54, 1.807) is 22.6 Å². The Balaban J connectivity index is 2.54. The Morgan fingerprint density at radius 3 is 2.20 bits per heavy atom. The van der Waals surface area contributed by atoms with Crippen LogP contribution in [0.5, 0.6) is 0 Å². The molecule has 0 saturated carbocycles. The maximum atomic E-state index is 11.3. The first kappa shape index (κ1) is 5.95. The second kappa shape index (κ2) is 3.15. The van der Waals surface area contributed by atoms with Gasteiger partial charge in [-0.15, -0.1) is 11.6 Å². The van der Waals surface area contributed by atoms with E-state index in [4.69, 9.17) is 11.6 Å². The monoisotopic (exact) mass is 208 g/mol. The molecule has 0 N–H and O–H groups in total. The summed E-state index contributed by atoms with van der Waals surface area (Å²) in [5, 5.41) is 0. The smallest absolute Gasteiger partial charge is 0.164 e. The average molecular weight is 208 g/mol. The van der Waals surface area contributed by atoms with E-state index in [2.05, 4.69) is 0 Å². The van der Waals surface area contributed by atoms with Crippen molar-refractivity contribution in [3.63, 3.8) is 0 Å². The summed E-state index contributed by atoms with van der Waals surface area (Å²) in [7, 11) is 0. The third kappa shape index (κ3) is 4.95. The van der Waals surface area contributed by atoms with E-state index < -0.39 is 4.18 Å². The first-order valence-corrected chi connectivity index (χ1v) is 2.89. The van der Waals surface area contributed by atoms with Gasteiger partial charge < -0.3 is 0 Å². The van der Waals surface area contributed by atoms with Crippen molar-refractivity contribution in [3.8, 4) is 0 Å². The Labute approximate surface area is 48.8 Å². The van der Waals surface area contributed by atoms with Gasteiger partial charge in [0, 0.05) is 0 Å². The largest absolute Gasteiger partial charge is 0.235 e. The predicted molar refractivity (Wildman–Crippen MR) is 29.6 cm³/mol. The molecule has 0 rings (SSSR count). The van der Waals surface area contributed by atoms with Gasteiger partial charge in [-0.25, -0.2) is 4.39 Å². The molecule has 0 spiro atoms. The molecule has 0 amide bonds. The summed E-state index contributed by atoms with van der Waals surface area (Å²) in [4.78, 5) is 0. The predicted octanol–water partition coefficient (Wildman–Crippen LogP) is 1.96. The highest BCUT2D eigenvalue weighted by atomic mass is 127. The van der Waals surface area contributed by atoms with Crippen LogP contribution in [0.2, 0.25) is 0 Å². The van der Waals surface area contributed by atoms with Crippen LogP contribution in [0.25, 0.3) is 0 Å². The summed E-state index contributed by atoms with van der Waals surface area (Å²) in [5.41, 5.74) is 0. The molecule has 0 bridgehead atoms. The van der Waals surface area contributed by atoms with Crippen LogP contribution in [0, 0.1) is 0 Å². The van der Waals surface area contributed by atoms with Crippen molar-refractivity contribution in [2.75, 3.05) is 5.88 Å².